The summed E-state index contributed by atoms with van der Waals surface area (Å²) in [5.74, 6) is -0.0498. The van der Waals surface area contributed by atoms with E-state index in [-0.39, 0.29) is 11.5 Å². The van der Waals surface area contributed by atoms with Crippen molar-refractivity contribution < 1.29 is 14.3 Å². The number of halogens is 1. The summed E-state index contributed by atoms with van der Waals surface area (Å²) in [6.45, 7) is 10.7. The van der Waals surface area contributed by atoms with Crippen molar-refractivity contribution >= 4 is 29.3 Å². The van der Waals surface area contributed by atoms with Gasteiger partial charge in [0.2, 0.25) is 5.91 Å². The van der Waals surface area contributed by atoms with Gasteiger partial charge in [-0.15, -0.1) is 0 Å². The smallest absolute Gasteiger partial charge is 0.407 e. The standard InChI is InChI=1S/C18H28ClN3O3/c1-11(2)12(10-22-17(24)25-18(3,4)5)9-21-13-6-7-15(19)14(8-13)16(20)23/h6-8,11-12,21H,9-10H2,1-5H3,(H2,20,23)(H,22,24). The number of carbonyl (C=O) groups excluding carboxylic acids is 2. The summed E-state index contributed by atoms with van der Waals surface area (Å²) in [4.78, 5) is 23.2. The third kappa shape index (κ3) is 7.65. The van der Waals surface area contributed by atoms with Crippen LogP contribution in [0, 0.1) is 11.8 Å². The largest absolute Gasteiger partial charge is 0.444 e. The first-order valence-electron chi connectivity index (χ1n) is 8.29. The number of anilines is 1. The number of alkyl carbamates (subject to hydrolysis) is 1. The molecule has 140 valence electrons. The summed E-state index contributed by atoms with van der Waals surface area (Å²) in [6.07, 6.45) is -0.430. The van der Waals surface area contributed by atoms with Gasteiger partial charge in [-0.1, -0.05) is 25.4 Å². The molecular weight excluding hydrogens is 342 g/mol. The van der Waals surface area contributed by atoms with E-state index >= 15 is 0 Å². The SMILES string of the molecule is CC(C)C(CNC(=O)OC(C)(C)C)CNc1ccc(Cl)c(C(N)=O)c1. The lowest BCUT2D eigenvalue weighted by Gasteiger charge is -2.24. The molecule has 0 heterocycles. The van der Waals surface area contributed by atoms with Crippen molar-refractivity contribution in [3.63, 3.8) is 0 Å². The number of ether oxygens (including phenoxy) is 1. The van der Waals surface area contributed by atoms with Crippen LogP contribution in [-0.2, 0) is 4.74 Å². The van der Waals surface area contributed by atoms with Crippen LogP contribution in [0.25, 0.3) is 0 Å². The fourth-order valence-corrected chi connectivity index (χ4v) is 2.36. The second kappa shape index (κ2) is 8.94. The van der Waals surface area contributed by atoms with Gasteiger partial charge in [-0.3, -0.25) is 4.79 Å². The van der Waals surface area contributed by atoms with Gasteiger partial charge in [-0.2, -0.15) is 0 Å². The average Bonchev–Trinajstić information content (AvgIpc) is 2.46. The van der Waals surface area contributed by atoms with Crippen molar-refractivity contribution in [3.8, 4) is 0 Å². The molecule has 1 rings (SSSR count). The number of rotatable bonds is 7. The molecule has 1 aromatic carbocycles. The van der Waals surface area contributed by atoms with E-state index in [4.69, 9.17) is 22.1 Å². The molecule has 1 aromatic rings. The van der Waals surface area contributed by atoms with Gasteiger partial charge in [0, 0.05) is 18.8 Å². The molecular formula is C18H28ClN3O3. The molecule has 6 nitrogen and oxygen atoms in total. The minimum absolute atomic E-state index is 0.181. The average molecular weight is 370 g/mol. The Morgan fingerprint density at radius 3 is 2.40 bits per heavy atom. The van der Waals surface area contributed by atoms with E-state index in [1.807, 2.05) is 20.8 Å². The second-order valence-electron chi connectivity index (χ2n) is 7.33. The van der Waals surface area contributed by atoms with E-state index in [0.717, 1.165) is 5.69 Å². The second-order valence-corrected chi connectivity index (χ2v) is 7.73. The minimum Gasteiger partial charge on any atom is -0.444 e. The zero-order chi connectivity index (χ0) is 19.2. The van der Waals surface area contributed by atoms with Crippen molar-refractivity contribution in [2.24, 2.45) is 17.6 Å². The van der Waals surface area contributed by atoms with Crippen LogP contribution in [0.4, 0.5) is 10.5 Å². The third-order valence-electron chi connectivity index (χ3n) is 3.65. The fourth-order valence-electron chi connectivity index (χ4n) is 2.15. The number of amides is 2. The fraction of sp³-hybridized carbons (Fsp3) is 0.556. The molecule has 0 saturated heterocycles. The molecule has 25 heavy (non-hydrogen) atoms. The summed E-state index contributed by atoms with van der Waals surface area (Å²) in [6, 6.07) is 5.05. The zero-order valence-corrected chi connectivity index (χ0v) is 16.2. The van der Waals surface area contributed by atoms with Gasteiger partial charge in [0.05, 0.1) is 10.6 Å². The molecule has 4 N–H and O–H groups in total. The number of nitrogens with one attached hydrogen (secondary N) is 2. The molecule has 2 amide bonds. The highest BCUT2D eigenvalue weighted by molar-refractivity contribution is 6.33. The van der Waals surface area contributed by atoms with Crippen LogP contribution < -0.4 is 16.4 Å². The first-order chi connectivity index (χ1) is 11.5. The predicted molar refractivity (Wildman–Crippen MR) is 101 cm³/mol. The van der Waals surface area contributed by atoms with Crippen molar-refractivity contribution in [3.05, 3.63) is 28.8 Å². The van der Waals surface area contributed by atoms with Crippen LogP contribution in [0.3, 0.4) is 0 Å². The van der Waals surface area contributed by atoms with E-state index in [1.165, 1.54) is 0 Å². The molecule has 1 unspecified atom stereocenters. The molecule has 7 heteroatoms. The summed E-state index contributed by atoms with van der Waals surface area (Å²) in [5.41, 5.74) is 5.81. The molecule has 0 radical (unpaired) electrons. The molecule has 0 spiro atoms. The molecule has 0 saturated carbocycles. The normalized spacial score (nSPS) is 12.6. The van der Waals surface area contributed by atoms with Gasteiger partial charge < -0.3 is 21.1 Å². The number of nitrogens with two attached hydrogens (primary N) is 1. The maximum atomic E-state index is 11.8. The van der Waals surface area contributed by atoms with Gasteiger partial charge in [0.1, 0.15) is 5.60 Å². The Morgan fingerprint density at radius 2 is 1.88 bits per heavy atom. The lowest BCUT2D eigenvalue weighted by atomic mass is 9.95. The van der Waals surface area contributed by atoms with E-state index in [1.54, 1.807) is 18.2 Å². The maximum absolute atomic E-state index is 11.8. The molecule has 0 aromatic heterocycles. The van der Waals surface area contributed by atoms with E-state index in [2.05, 4.69) is 24.5 Å². The Morgan fingerprint density at radius 1 is 1.24 bits per heavy atom. The quantitative estimate of drug-likeness (QED) is 0.683. The summed E-state index contributed by atoms with van der Waals surface area (Å²) in [7, 11) is 0. The van der Waals surface area contributed by atoms with Crippen LogP contribution in [0.5, 0.6) is 0 Å². The Labute approximate surface area is 154 Å². The Kier molecular flexibility index (Phi) is 7.55. The third-order valence-corrected chi connectivity index (χ3v) is 3.98. The summed E-state index contributed by atoms with van der Waals surface area (Å²) < 4.78 is 5.25. The highest BCUT2D eigenvalue weighted by Gasteiger charge is 2.19. The highest BCUT2D eigenvalue weighted by atomic mass is 35.5. The monoisotopic (exact) mass is 369 g/mol. The number of carbonyl (C=O) groups is 2. The van der Waals surface area contributed by atoms with Crippen LogP contribution in [0.2, 0.25) is 5.02 Å². The van der Waals surface area contributed by atoms with Crippen LogP contribution in [-0.4, -0.2) is 30.7 Å². The van der Waals surface area contributed by atoms with Gasteiger partial charge in [-0.05, 0) is 50.8 Å². The Bertz CT molecular complexity index is 612. The van der Waals surface area contributed by atoms with Crippen LogP contribution >= 0.6 is 11.6 Å². The van der Waals surface area contributed by atoms with Gasteiger partial charge in [0.25, 0.3) is 0 Å². The maximum Gasteiger partial charge on any atom is 0.407 e. The van der Waals surface area contributed by atoms with Crippen LogP contribution in [0.1, 0.15) is 45.0 Å². The van der Waals surface area contributed by atoms with Gasteiger partial charge in [0.15, 0.2) is 0 Å². The molecule has 0 aliphatic rings. The minimum atomic E-state index is -0.569. The first kappa shape index (κ1) is 21.1. The number of hydrogen-bond donors (Lipinski definition) is 3. The Balaban J connectivity index is 2.63. The van der Waals surface area contributed by atoms with E-state index < -0.39 is 17.6 Å². The number of primary amides is 1. The van der Waals surface area contributed by atoms with Crippen LogP contribution in [0.15, 0.2) is 18.2 Å². The van der Waals surface area contributed by atoms with Crippen molar-refractivity contribution in [2.75, 3.05) is 18.4 Å². The topological polar surface area (TPSA) is 93.4 Å². The first-order valence-corrected chi connectivity index (χ1v) is 8.67. The van der Waals surface area contributed by atoms with E-state index in [0.29, 0.717) is 24.0 Å². The number of hydrogen-bond acceptors (Lipinski definition) is 4. The predicted octanol–water partition coefficient (Wildman–Crippen LogP) is 3.65. The Hall–Kier alpha value is -1.95. The van der Waals surface area contributed by atoms with Crippen molar-refractivity contribution in [2.45, 2.75) is 40.2 Å². The summed E-state index contributed by atoms with van der Waals surface area (Å²) >= 11 is 5.95. The van der Waals surface area contributed by atoms with Crippen molar-refractivity contribution in [1.29, 1.82) is 0 Å². The number of benzene rings is 1. The molecule has 0 bridgehead atoms. The lowest BCUT2D eigenvalue weighted by molar-refractivity contribution is 0.0516. The molecule has 0 aliphatic heterocycles. The summed E-state index contributed by atoms with van der Waals surface area (Å²) in [5, 5.41) is 6.39. The molecule has 0 aliphatic carbocycles. The lowest BCUT2D eigenvalue weighted by Crippen LogP contribution is -2.38. The van der Waals surface area contributed by atoms with Crippen molar-refractivity contribution in [1.82, 2.24) is 5.32 Å². The van der Waals surface area contributed by atoms with Gasteiger partial charge >= 0.3 is 6.09 Å². The molecule has 1 atom stereocenters. The zero-order valence-electron chi connectivity index (χ0n) is 15.5. The molecule has 0 fully saturated rings. The van der Waals surface area contributed by atoms with Gasteiger partial charge in [-0.25, -0.2) is 4.79 Å². The van der Waals surface area contributed by atoms with E-state index in [9.17, 15) is 9.59 Å². The highest BCUT2D eigenvalue weighted by Crippen LogP contribution is 2.21.